The van der Waals surface area contributed by atoms with E-state index < -0.39 is 9.05 Å². The van der Waals surface area contributed by atoms with Crippen LogP contribution in [0.1, 0.15) is 56.6 Å². The lowest BCUT2D eigenvalue weighted by molar-refractivity contribution is 0.207. The summed E-state index contributed by atoms with van der Waals surface area (Å²) in [5.74, 6) is 0.984. The quantitative estimate of drug-likeness (QED) is 0.775. The van der Waals surface area contributed by atoms with Crippen molar-refractivity contribution in [2.24, 2.45) is 0 Å². The van der Waals surface area contributed by atoms with Crippen LogP contribution in [-0.4, -0.2) is 14.5 Å². The SMILES string of the molecule is Cc1cc(OC2CCCC2)c(C(C)C)cc1S(=O)(=O)Cl. The van der Waals surface area contributed by atoms with E-state index in [0.717, 1.165) is 24.2 Å². The Morgan fingerprint density at radius 3 is 2.35 bits per heavy atom. The van der Waals surface area contributed by atoms with Gasteiger partial charge in [-0.2, -0.15) is 0 Å². The molecule has 0 saturated heterocycles. The molecule has 0 bridgehead atoms. The maximum absolute atomic E-state index is 11.6. The maximum Gasteiger partial charge on any atom is 0.261 e. The van der Waals surface area contributed by atoms with Crippen molar-refractivity contribution in [3.8, 4) is 5.75 Å². The molecule has 1 saturated carbocycles. The van der Waals surface area contributed by atoms with E-state index in [0.29, 0.717) is 5.56 Å². The molecule has 5 heteroatoms. The first kappa shape index (κ1) is 15.6. The van der Waals surface area contributed by atoms with Gasteiger partial charge in [0.15, 0.2) is 0 Å². The van der Waals surface area contributed by atoms with Crippen LogP contribution in [0, 0.1) is 6.92 Å². The maximum atomic E-state index is 11.6. The van der Waals surface area contributed by atoms with E-state index in [1.807, 2.05) is 19.9 Å². The molecule has 1 aromatic rings. The topological polar surface area (TPSA) is 43.4 Å². The van der Waals surface area contributed by atoms with Crippen molar-refractivity contribution in [2.75, 3.05) is 0 Å². The third-order valence-electron chi connectivity index (χ3n) is 3.79. The Labute approximate surface area is 125 Å². The van der Waals surface area contributed by atoms with Crippen molar-refractivity contribution in [1.82, 2.24) is 0 Å². The minimum absolute atomic E-state index is 0.182. The van der Waals surface area contributed by atoms with E-state index >= 15 is 0 Å². The molecule has 112 valence electrons. The highest BCUT2D eigenvalue weighted by molar-refractivity contribution is 8.13. The second kappa shape index (κ2) is 5.94. The lowest BCUT2D eigenvalue weighted by Gasteiger charge is -2.20. The molecule has 0 amide bonds. The van der Waals surface area contributed by atoms with Gasteiger partial charge < -0.3 is 4.74 Å². The van der Waals surface area contributed by atoms with Gasteiger partial charge in [-0.3, -0.25) is 0 Å². The van der Waals surface area contributed by atoms with Crippen LogP contribution in [-0.2, 0) is 9.05 Å². The summed E-state index contributed by atoms with van der Waals surface area (Å²) in [4.78, 5) is 0.182. The smallest absolute Gasteiger partial charge is 0.261 e. The summed E-state index contributed by atoms with van der Waals surface area (Å²) < 4.78 is 29.3. The fourth-order valence-electron chi connectivity index (χ4n) is 2.68. The van der Waals surface area contributed by atoms with Gasteiger partial charge in [0.2, 0.25) is 0 Å². The standard InChI is InChI=1S/C15H21ClO3S/c1-10(2)13-9-15(20(16,17)18)11(3)8-14(13)19-12-6-4-5-7-12/h8-10,12H,4-7H2,1-3H3. The normalized spacial score (nSPS) is 16.9. The molecule has 1 aliphatic rings. The molecule has 3 nitrogen and oxygen atoms in total. The van der Waals surface area contributed by atoms with Crippen LogP contribution >= 0.6 is 10.7 Å². The molecule has 0 radical (unpaired) electrons. The van der Waals surface area contributed by atoms with Gasteiger partial charge in [0.25, 0.3) is 9.05 Å². The monoisotopic (exact) mass is 316 g/mol. The van der Waals surface area contributed by atoms with Crippen molar-refractivity contribution in [1.29, 1.82) is 0 Å². The zero-order valence-electron chi connectivity index (χ0n) is 12.1. The number of benzene rings is 1. The van der Waals surface area contributed by atoms with Crippen LogP contribution in [0.15, 0.2) is 17.0 Å². The van der Waals surface area contributed by atoms with E-state index in [1.165, 1.54) is 12.8 Å². The van der Waals surface area contributed by atoms with Crippen LogP contribution in [0.5, 0.6) is 5.75 Å². The number of ether oxygens (including phenoxy) is 1. The Hall–Kier alpha value is -0.740. The summed E-state index contributed by atoms with van der Waals surface area (Å²) in [6.07, 6.45) is 4.81. The summed E-state index contributed by atoms with van der Waals surface area (Å²) in [6, 6.07) is 3.47. The van der Waals surface area contributed by atoms with Crippen molar-refractivity contribution in [3.63, 3.8) is 0 Å². The second-order valence-corrected chi connectivity index (χ2v) is 8.31. The van der Waals surface area contributed by atoms with E-state index in [4.69, 9.17) is 15.4 Å². The number of aryl methyl sites for hydroxylation is 1. The van der Waals surface area contributed by atoms with Crippen molar-refractivity contribution >= 4 is 19.7 Å². The van der Waals surface area contributed by atoms with Crippen molar-refractivity contribution in [3.05, 3.63) is 23.3 Å². The molecule has 1 aliphatic carbocycles. The van der Waals surface area contributed by atoms with Gasteiger partial charge in [0, 0.05) is 10.7 Å². The lowest BCUT2D eigenvalue weighted by Crippen LogP contribution is -2.13. The van der Waals surface area contributed by atoms with Gasteiger partial charge in [-0.1, -0.05) is 13.8 Å². The molecule has 2 rings (SSSR count). The first-order valence-corrected chi connectivity index (χ1v) is 9.36. The molecular weight excluding hydrogens is 296 g/mol. The molecule has 0 atom stereocenters. The first-order valence-electron chi connectivity index (χ1n) is 7.05. The van der Waals surface area contributed by atoms with Crippen LogP contribution in [0.4, 0.5) is 0 Å². The highest BCUT2D eigenvalue weighted by atomic mass is 35.7. The van der Waals surface area contributed by atoms with Gasteiger partial charge in [0.1, 0.15) is 5.75 Å². The summed E-state index contributed by atoms with van der Waals surface area (Å²) in [7, 11) is 1.78. The van der Waals surface area contributed by atoms with Gasteiger partial charge in [0.05, 0.1) is 11.0 Å². The van der Waals surface area contributed by atoms with Gasteiger partial charge in [-0.25, -0.2) is 8.42 Å². The molecule has 0 aliphatic heterocycles. The fourth-order valence-corrected chi connectivity index (χ4v) is 3.89. The molecule has 0 unspecified atom stereocenters. The number of hydrogen-bond acceptors (Lipinski definition) is 3. The summed E-state index contributed by atoms with van der Waals surface area (Å²) in [6.45, 7) is 5.80. The molecule has 0 heterocycles. The largest absolute Gasteiger partial charge is 0.490 e. The Morgan fingerprint density at radius 1 is 1.25 bits per heavy atom. The highest BCUT2D eigenvalue weighted by Gasteiger charge is 2.22. The average molecular weight is 317 g/mol. The predicted molar refractivity (Wildman–Crippen MR) is 81.2 cm³/mol. The second-order valence-electron chi connectivity index (χ2n) is 5.77. The van der Waals surface area contributed by atoms with Crippen LogP contribution < -0.4 is 4.74 Å². The first-order chi connectivity index (χ1) is 9.29. The Bertz CT molecular complexity index is 587. The van der Waals surface area contributed by atoms with Crippen LogP contribution in [0.25, 0.3) is 0 Å². The Kier molecular flexibility index (Phi) is 4.65. The number of rotatable bonds is 4. The summed E-state index contributed by atoms with van der Waals surface area (Å²) in [5.41, 5.74) is 1.54. The third-order valence-corrected chi connectivity index (χ3v) is 5.25. The lowest BCUT2D eigenvalue weighted by atomic mass is 10.0. The van der Waals surface area contributed by atoms with Gasteiger partial charge in [-0.15, -0.1) is 0 Å². The average Bonchev–Trinajstić information content (AvgIpc) is 2.79. The zero-order valence-corrected chi connectivity index (χ0v) is 13.7. The van der Waals surface area contributed by atoms with Gasteiger partial charge >= 0.3 is 0 Å². The number of hydrogen-bond donors (Lipinski definition) is 0. The number of halogens is 1. The summed E-state index contributed by atoms with van der Waals surface area (Å²) >= 11 is 0. The van der Waals surface area contributed by atoms with Crippen molar-refractivity contribution < 1.29 is 13.2 Å². The molecule has 0 N–H and O–H groups in total. The zero-order chi connectivity index (χ0) is 14.9. The van der Waals surface area contributed by atoms with E-state index in [9.17, 15) is 8.42 Å². The molecular formula is C15H21ClO3S. The van der Waals surface area contributed by atoms with E-state index in [2.05, 4.69) is 0 Å². The van der Waals surface area contributed by atoms with Crippen molar-refractivity contribution in [2.45, 2.75) is 63.4 Å². The molecule has 0 spiro atoms. The summed E-state index contributed by atoms with van der Waals surface area (Å²) in [5, 5.41) is 0. The molecule has 0 aromatic heterocycles. The Morgan fingerprint density at radius 2 is 1.85 bits per heavy atom. The van der Waals surface area contributed by atoms with Gasteiger partial charge in [-0.05, 0) is 61.8 Å². The minimum atomic E-state index is -3.72. The van der Waals surface area contributed by atoms with E-state index in [-0.39, 0.29) is 16.9 Å². The van der Waals surface area contributed by atoms with E-state index in [1.54, 1.807) is 13.0 Å². The third kappa shape index (κ3) is 3.47. The minimum Gasteiger partial charge on any atom is -0.490 e. The molecule has 1 aromatic carbocycles. The predicted octanol–water partition coefficient (Wildman–Crippen LogP) is 4.37. The highest BCUT2D eigenvalue weighted by Crippen LogP contribution is 2.35. The molecule has 1 fully saturated rings. The fraction of sp³-hybridized carbons (Fsp3) is 0.600. The Balaban J connectivity index is 2.43. The van der Waals surface area contributed by atoms with Crippen LogP contribution in [0.2, 0.25) is 0 Å². The molecule has 20 heavy (non-hydrogen) atoms. The van der Waals surface area contributed by atoms with Crippen LogP contribution in [0.3, 0.4) is 0 Å².